The monoisotopic (exact) mass is 350 g/mol. The average molecular weight is 350 g/mol. The normalized spacial score (nSPS) is 17.8. The summed E-state index contributed by atoms with van der Waals surface area (Å²) in [6, 6.07) is 2.91. The molecule has 1 fully saturated rings. The standard InChI is InChI=1S/C17H23FN4O3/c1-12(23)21-3-5-22(6-4-21)17(19-2)20-9-13-7-15(18)8-14-10-24-11-25-16(13)14/h7-8H,3-6,9-11H2,1-2H3,(H,19,20). The van der Waals surface area contributed by atoms with Gasteiger partial charge in [-0.05, 0) is 12.1 Å². The van der Waals surface area contributed by atoms with E-state index >= 15 is 0 Å². The molecule has 0 atom stereocenters. The zero-order valence-electron chi connectivity index (χ0n) is 14.5. The number of nitrogens with zero attached hydrogens (tertiary/aromatic N) is 3. The molecule has 3 rings (SSSR count). The van der Waals surface area contributed by atoms with Gasteiger partial charge in [-0.3, -0.25) is 9.79 Å². The maximum absolute atomic E-state index is 13.8. The van der Waals surface area contributed by atoms with Crippen LogP contribution in [0.5, 0.6) is 5.75 Å². The van der Waals surface area contributed by atoms with Crippen LogP contribution < -0.4 is 10.1 Å². The Morgan fingerprint density at radius 2 is 2.00 bits per heavy atom. The van der Waals surface area contributed by atoms with E-state index < -0.39 is 0 Å². The Hall–Kier alpha value is -2.35. The van der Waals surface area contributed by atoms with Crippen molar-refractivity contribution in [3.8, 4) is 5.75 Å². The van der Waals surface area contributed by atoms with Gasteiger partial charge in [0.05, 0.1) is 6.61 Å². The highest BCUT2D eigenvalue weighted by Crippen LogP contribution is 2.29. The van der Waals surface area contributed by atoms with E-state index in [9.17, 15) is 9.18 Å². The number of rotatable bonds is 2. The lowest BCUT2D eigenvalue weighted by atomic mass is 10.1. The van der Waals surface area contributed by atoms with Crippen LogP contribution in [0, 0.1) is 5.82 Å². The summed E-state index contributed by atoms with van der Waals surface area (Å²) in [7, 11) is 1.71. The molecule has 2 heterocycles. The molecule has 1 amide bonds. The lowest BCUT2D eigenvalue weighted by molar-refractivity contribution is -0.130. The second-order valence-corrected chi connectivity index (χ2v) is 6.06. The molecule has 0 aliphatic carbocycles. The van der Waals surface area contributed by atoms with E-state index in [1.807, 2.05) is 4.90 Å². The van der Waals surface area contributed by atoms with E-state index in [0.717, 1.165) is 11.5 Å². The van der Waals surface area contributed by atoms with E-state index in [1.165, 1.54) is 12.1 Å². The summed E-state index contributed by atoms with van der Waals surface area (Å²) >= 11 is 0. The van der Waals surface area contributed by atoms with E-state index in [2.05, 4.69) is 15.2 Å². The van der Waals surface area contributed by atoms with Gasteiger partial charge in [-0.1, -0.05) is 0 Å². The van der Waals surface area contributed by atoms with Gasteiger partial charge in [-0.2, -0.15) is 0 Å². The van der Waals surface area contributed by atoms with Crippen molar-refractivity contribution in [2.24, 2.45) is 4.99 Å². The number of benzene rings is 1. The molecule has 0 unspecified atom stereocenters. The van der Waals surface area contributed by atoms with Crippen LogP contribution >= 0.6 is 0 Å². The predicted octanol–water partition coefficient (Wildman–Crippen LogP) is 0.932. The van der Waals surface area contributed by atoms with Crippen LogP contribution in [-0.2, 0) is 22.7 Å². The molecule has 0 bridgehead atoms. The lowest BCUT2D eigenvalue weighted by Gasteiger charge is -2.36. The van der Waals surface area contributed by atoms with Crippen LogP contribution in [0.15, 0.2) is 17.1 Å². The van der Waals surface area contributed by atoms with Gasteiger partial charge in [0.2, 0.25) is 5.91 Å². The molecular formula is C17H23FN4O3. The molecule has 0 aromatic heterocycles. The Kier molecular flexibility index (Phi) is 5.37. The molecular weight excluding hydrogens is 327 g/mol. The van der Waals surface area contributed by atoms with E-state index in [1.54, 1.807) is 14.0 Å². The van der Waals surface area contributed by atoms with Gasteiger partial charge in [-0.25, -0.2) is 4.39 Å². The van der Waals surface area contributed by atoms with Crippen LogP contribution in [0.2, 0.25) is 0 Å². The highest BCUT2D eigenvalue weighted by molar-refractivity contribution is 5.80. The van der Waals surface area contributed by atoms with Crippen LogP contribution in [0.1, 0.15) is 18.1 Å². The summed E-state index contributed by atoms with van der Waals surface area (Å²) in [5, 5.41) is 3.26. The van der Waals surface area contributed by atoms with Gasteiger partial charge >= 0.3 is 0 Å². The van der Waals surface area contributed by atoms with Crippen molar-refractivity contribution in [3.05, 3.63) is 29.1 Å². The van der Waals surface area contributed by atoms with Gasteiger partial charge in [0.15, 0.2) is 12.8 Å². The molecule has 0 radical (unpaired) electrons. The molecule has 1 N–H and O–H groups in total. The van der Waals surface area contributed by atoms with E-state index in [4.69, 9.17) is 9.47 Å². The third-order valence-corrected chi connectivity index (χ3v) is 4.42. The molecule has 8 heteroatoms. The minimum Gasteiger partial charge on any atom is -0.467 e. The molecule has 7 nitrogen and oxygen atoms in total. The van der Waals surface area contributed by atoms with Gasteiger partial charge in [0.1, 0.15) is 11.6 Å². The number of nitrogens with one attached hydrogen (secondary N) is 1. The number of guanidine groups is 1. The largest absolute Gasteiger partial charge is 0.467 e. The van der Waals surface area contributed by atoms with Crippen molar-refractivity contribution < 1.29 is 18.7 Å². The van der Waals surface area contributed by atoms with Crippen molar-refractivity contribution in [2.45, 2.75) is 20.1 Å². The van der Waals surface area contributed by atoms with Crippen molar-refractivity contribution in [1.29, 1.82) is 0 Å². The Morgan fingerprint density at radius 3 is 2.68 bits per heavy atom. The quantitative estimate of drug-likeness (QED) is 0.635. The third-order valence-electron chi connectivity index (χ3n) is 4.42. The summed E-state index contributed by atoms with van der Waals surface area (Å²) in [6.07, 6.45) is 0. The highest BCUT2D eigenvalue weighted by Gasteiger charge is 2.22. The molecule has 0 spiro atoms. The first kappa shape index (κ1) is 17.5. The van der Waals surface area contributed by atoms with Crippen molar-refractivity contribution in [1.82, 2.24) is 15.1 Å². The molecule has 0 saturated carbocycles. The second kappa shape index (κ2) is 7.69. The number of hydrogen-bond donors (Lipinski definition) is 1. The Balaban J connectivity index is 1.64. The molecule has 1 saturated heterocycles. The number of hydrogen-bond acceptors (Lipinski definition) is 4. The molecule has 2 aliphatic heterocycles. The van der Waals surface area contributed by atoms with Crippen LogP contribution in [0.25, 0.3) is 0 Å². The van der Waals surface area contributed by atoms with Crippen LogP contribution in [-0.4, -0.2) is 61.7 Å². The maximum Gasteiger partial charge on any atom is 0.219 e. The minimum atomic E-state index is -0.310. The fourth-order valence-electron chi connectivity index (χ4n) is 3.13. The number of carbonyl (C=O) groups excluding carboxylic acids is 1. The number of piperazine rings is 1. The lowest BCUT2D eigenvalue weighted by Crippen LogP contribution is -2.53. The van der Waals surface area contributed by atoms with Crippen molar-refractivity contribution >= 4 is 11.9 Å². The topological polar surface area (TPSA) is 66.4 Å². The van der Waals surface area contributed by atoms with Crippen LogP contribution in [0.4, 0.5) is 4.39 Å². The van der Waals surface area contributed by atoms with Crippen molar-refractivity contribution in [2.75, 3.05) is 40.0 Å². The third kappa shape index (κ3) is 4.01. The van der Waals surface area contributed by atoms with E-state index in [-0.39, 0.29) is 18.5 Å². The van der Waals surface area contributed by atoms with Gasteiger partial charge in [0, 0.05) is 57.8 Å². The number of fused-ring (bicyclic) bond motifs is 1. The van der Waals surface area contributed by atoms with Gasteiger partial charge in [0.25, 0.3) is 0 Å². The second-order valence-electron chi connectivity index (χ2n) is 6.06. The summed E-state index contributed by atoms with van der Waals surface area (Å²) in [4.78, 5) is 19.6. The number of ether oxygens (including phenoxy) is 2. The first-order chi connectivity index (χ1) is 12.1. The Labute approximate surface area is 146 Å². The number of carbonyl (C=O) groups is 1. The predicted molar refractivity (Wildman–Crippen MR) is 90.7 cm³/mol. The molecule has 1 aromatic carbocycles. The number of amides is 1. The zero-order valence-corrected chi connectivity index (χ0v) is 14.5. The molecule has 25 heavy (non-hydrogen) atoms. The smallest absolute Gasteiger partial charge is 0.219 e. The summed E-state index contributed by atoms with van der Waals surface area (Å²) in [6.45, 7) is 5.28. The Morgan fingerprint density at radius 1 is 1.28 bits per heavy atom. The summed E-state index contributed by atoms with van der Waals surface area (Å²) in [5.74, 6) is 1.19. The van der Waals surface area contributed by atoms with Gasteiger partial charge < -0.3 is 24.6 Å². The van der Waals surface area contributed by atoms with Crippen molar-refractivity contribution in [3.63, 3.8) is 0 Å². The first-order valence-electron chi connectivity index (χ1n) is 8.31. The SMILES string of the molecule is CN=C(NCc1cc(F)cc2c1OCOC2)N1CCN(C(C)=O)CC1. The first-order valence-corrected chi connectivity index (χ1v) is 8.31. The fraction of sp³-hybridized carbons (Fsp3) is 0.529. The van der Waals surface area contributed by atoms with Crippen LogP contribution in [0.3, 0.4) is 0 Å². The molecule has 2 aliphatic rings. The van der Waals surface area contributed by atoms with E-state index in [0.29, 0.717) is 50.6 Å². The number of aliphatic imine (C=N–C) groups is 1. The fourth-order valence-corrected chi connectivity index (χ4v) is 3.13. The van der Waals surface area contributed by atoms with Gasteiger partial charge in [-0.15, -0.1) is 0 Å². The zero-order chi connectivity index (χ0) is 17.8. The minimum absolute atomic E-state index is 0.0911. The maximum atomic E-state index is 13.8. The Bertz CT molecular complexity index is 672. The summed E-state index contributed by atoms with van der Waals surface area (Å²) < 4.78 is 24.6. The number of halogens is 1. The molecule has 136 valence electrons. The average Bonchev–Trinajstić information content (AvgIpc) is 2.62. The highest BCUT2D eigenvalue weighted by atomic mass is 19.1. The molecule has 1 aromatic rings. The summed E-state index contributed by atoms with van der Waals surface area (Å²) in [5.41, 5.74) is 1.45.